The van der Waals surface area contributed by atoms with Gasteiger partial charge >= 0.3 is 12.1 Å². The first-order valence-electron chi connectivity index (χ1n) is 5.93. The van der Waals surface area contributed by atoms with Crippen LogP contribution >= 0.6 is 0 Å². The summed E-state index contributed by atoms with van der Waals surface area (Å²) in [4.78, 5) is 10.6. The summed E-state index contributed by atoms with van der Waals surface area (Å²) in [6.45, 7) is 1.09. The van der Waals surface area contributed by atoms with E-state index in [2.05, 4.69) is 0 Å². The van der Waals surface area contributed by atoms with Crippen molar-refractivity contribution in [1.82, 2.24) is 4.72 Å². The Kier molecular flexibility index (Phi) is 5.35. The van der Waals surface area contributed by atoms with Crippen LogP contribution in [0.5, 0.6) is 0 Å². The fourth-order valence-corrected chi connectivity index (χ4v) is 2.94. The average molecular weight is 325 g/mol. The number of carboxylic acids is 1. The molecule has 0 aliphatic carbocycles. The van der Waals surface area contributed by atoms with E-state index in [1.54, 1.807) is 0 Å². The predicted octanol–water partition coefficient (Wildman–Crippen LogP) is 2.31. The van der Waals surface area contributed by atoms with E-state index in [9.17, 15) is 26.4 Å². The van der Waals surface area contributed by atoms with Crippen LogP contribution in [0.3, 0.4) is 0 Å². The molecule has 9 heteroatoms. The number of carboxylic acid groups (broad SMARTS) is 1. The van der Waals surface area contributed by atoms with Crippen molar-refractivity contribution in [3.05, 3.63) is 29.3 Å². The van der Waals surface area contributed by atoms with Crippen LogP contribution in [-0.2, 0) is 10.0 Å². The number of aryl methyl sites for hydroxylation is 1. The zero-order chi connectivity index (χ0) is 16.3. The molecule has 0 atom stereocenters. The Bertz CT molecular complexity index is 626. The van der Waals surface area contributed by atoms with Gasteiger partial charge in [-0.1, -0.05) is 6.07 Å². The maximum Gasteiger partial charge on any atom is 0.389 e. The molecular formula is C12H14F3NO4S. The lowest BCUT2D eigenvalue weighted by atomic mass is 10.1. The Hall–Kier alpha value is -1.61. The van der Waals surface area contributed by atoms with Gasteiger partial charge in [-0.25, -0.2) is 17.9 Å². The molecule has 1 rings (SSSR count). The van der Waals surface area contributed by atoms with Crippen molar-refractivity contribution in [2.24, 2.45) is 0 Å². The standard InChI is InChI=1S/C12H14F3NO4S/c1-8-3-4-9(11(17)18)7-10(8)21(19,20)16-6-2-5-12(13,14)15/h3-4,7,16H,2,5-6H2,1H3,(H,17,18). The minimum atomic E-state index is -4.34. The Balaban J connectivity index is 2.83. The Labute approximate surface area is 119 Å². The lowest BCUT2D eigenvalue weighted by molar-refractivity contribution is -0.135. The number of benzene rings is 1. The van der Waals surface area contributed by atoms with E-state index < -0.39 is 28.6 Å². The second-order valence-electron chi connectivity index (χ2n) is 4.40. The number of sulfonamides is 1. The zero-order valence-electron chi connectivity index (χ0n) is 11.1. The largest absolute Gasteiger partial charge is 0.478 e. The maximum absolute atomic E-state index is 12.0. The molecular weight excluding hydrogens is 311 g/mol. The fraction of sp³-hybridized carbons (Fsp3) is 0.417. The molecule has 21 heavy (non-hydrogen) atoms. The van der Waals surface area contributed by atoms with Crippen LogP contribution in [0.15, 0.2) is 23.1 Å². The first-order valence-corrected chi connectivity index (χ1v) is 7.41. The van der Waals surface area contributed by atoms with Gasteiger partial charge in [-0.3, -0.25) is 0 Å². The Morgan fingerprint density at radius 2 is 1.95 bits per heavy atom. The lowest BCUT2D eigenvalue weighted by Crippen LogP contribution is -2.26. The summed E-state index contributed by atoms with van der Waals surface area (Å²) in [7, 11) is -4.05. The summed E-state index contributed by atoms with van der Waals surface area (Å²) in [5, 5.41) is 8.83. The molecule has 0 fully saturated rings. The van der Waals surface area contributed by atoms with Crippen LogP contribution in [0, 0.1) is 6.92 Å². The molecule has 0 unspecified atom stereocenters. The number of aromatic carboxylic acids is 1. The van der Waals surface area contributed by atoms with Crippen molar-refractivity contribution in [3.8, 4) is 0 Å². The van der Waals surface area contributed by atoms with E-state index >= 15 is 0 Å². The van der Waals surface area contributed by atoms with Crippen LogP contribution in [0.2, 0.25) is 0 Å². The molecule has 5 nitrogen and oxygen atoms in total. The quantitative estimate of drug-likeness (QED) is 0.786. The van der Waals surface area contributed by atoms with Gasteiger partial charge in [-0.15, -0.1) is 0 Å². The summed E-state index contributed by atoms with van der Waals surface area (Å²) in [5.74, 6) is -1.29. The summed E-state index contributed by atoms with van der Waals surface area (Å²) >= 11 is 0. The first-order chi connectivity index (χ1) is 9.53. The molecule has 0 saturated carbocycles. The highest BCUT2D eigenvalue weighted by Gasteiger charge is 2.26. The Morgan fingerprint density at radius 3 is 2.48 bits per heavy atom. The van der Waals surface area contributed by atoms with Crippen molar-refractivity contribution in [1.29, 1.82) is 0 Å². The third-order valence-electron chi connectivity index (χ3n) is 2.65. The number of halogens is 3. The number of carbonyl (C=O) groups is 1. The highest BCUT2D eigenvalue weighted by Crippen LogP contribution is 2.21. The van der Waals surface area contributed by atoms with E-state index in [1.165, 1.54) is 19.1 Å². The topological polar surface area (TPSA) is 83.5 Å². The van der Waals surface area contributed by atoms with Crippen molar-refractivity contribution in [3.63, 3.8) is 0 Å². The van der Waals surface area contributed by atoms with Gasteiger partial charge in [0.25, 0.3) is 0 Å². The number of nitrogens with one attached hydrogen (secondary N) is 1. The van der Waals surface area contributed by atoms with Crippen LogP contribution in [0.4, 0.5) is 13.2 Å². The molecule has 0 saturated heterocycles. The van der Waals surface area contributed by atoms with Gasteiger partial charge in [0.1, 0.15) is 0 Å². The summed E-state index contributed by atoms with van der Waals surface area (Å²) in [5.41, 5.74) is 0.0968. The van der Waals surface area contributed by atoms with Gasteiger partial charge in [-0.2, -0.15) is 13.2 Å². The van der Waals surface area contributed by atoms with Crippen molar-refractivity contribution in [2.45, 2.75) is 30.8 Å². The van der Waals surface area contributed by atoms with Gasteiger partial charge in [-0.05, 0) is 31.0 Å². The molecule has 1 aromatic carbocycles. The lowest BCUT2D eigenvalue weighted by Gasteiger charge is -2.11. The fourth-order valence-electron chi connectivity index (χ4n) is 1.60. The molecule has 0 aliphatic heterocycles. The monoisotopic (exact) mass is 325 g/mol. The second-order valence-corrected chi connectivity index (χ2v) is 6.14. The van der Waals surface area contributed by atoms with E-state index in [0.29, 0.717) is 5.56 Å². The third-order valence-corrected chi connectivity index (χ3v) is 4.26. The van der Waals surface area contributed by atoms with Crippen molar-refractivity contribution < 1.29 is 31.5 Å². The molecule has 0 spiro atoms. The summed E-state index contributed by atoms with van der Waals surface area (Å²) in [6.07, 6.45) is -5.82. The van der Waals surface area contributed by atoms with E-state index in [4.69, 9.17) is 5.11 Å². The molecule has 118 valence electrons. The molecule has 0 aromatic heterocycles. The van der Waals surface area contributed by atoms with Gasteiger partial charge in [0.05, 0.1) is 10.5 Å². The first kappa shape index (κ1) is 17.4. The van der Waals surface area contributed by atoms with E-state index in [0.717, 1.165) is 6.07 Å². The van der Waals surface area contributed by atoms with Crippen molar-refractivity contribution >= 4 is 16.0 Å². The van der Waals surface area contributed by atoms with Crippen LogP contribution in [0.25, 0.3) is 0 Å². The molecule has 2 N–H and O–H groups in total. The highest BCUT2D eigenvalue weighted by molar-refractivity contribution is 7.89. The minimum absolute atomic E-state index is 0.212. The summed E-state index contributed by atoms with van der Waals surface area (Å²) < 4.78 is 61.9. The SMILES string of the molecule is Cc1ccc(C(=O)O)cc1S(=O)(=O)NCCCC(F)(F)F. The summed E-state index contributed by atoms with van der Waals surface area (Å²) in [6, 6.07) is 3.55. The van der Waals surface area contributed by atoms with Gasteiger partial charge < -0.3 is 5.11 Å². The van der Waals surface area contributed by atoms with Crippen LogP contribution in [-0.4, -0.2) is 32.2 Å². The third kappa shape index (κ3) is 5.35. The zero-order valence-corrected chi connectivity index (χ0v) is 11.9. The normalized spacial score (nSPS) is 12.4. The average Bonchev–Trinajstić information content (AvgIpc) is 2.33. The molecule has 0 radical (unpaired) electrons. The molecule has 0 aliphatic rings. The highest BCUT2D eigenvalue weighted by atomic mass is 32.2. The van der Waals surface area contributed by atoms with E-state index in [1.807, 2.05) is 4.72 Å². The molecule has 0 bridgehead atoms. The second kappa shape index (κ2) is 6.44. The predicted molar refractivity (Wildman–Crippen MR) is 68.6 cm³/mol. The van der Waals surface area contributed by atoms with Crippen LogP contribution in [0.1, 0.15) is 28.8 Å². The van der Waals surface area contributed by atoms with Gasteiger partial charge in [0.15, 0.2) is 0 Å². The number of rotatable bonds is 6. The van der Waals surface area contributed by atoms with E-state index in [-0.39, 0.29) is 23.4 Å². The maximum atomic E-state index is 12.0. The van der Waals surface area contributed by atoms with Crippen molar-refractivity contribution in [2.75, 3.05) is 6.54 Å². The minimum Gasteiger partial charge on any atom is -0.478 e. The Morgan fingerprint density at radius 1 is 1.33 bits per heavy atom. The molecule has 0 amide bonds. The smallest absolute Gasteiger partial charge is 0.389 e. The molecule has 0 heterocycles. The number of alkyl halides is 3. The van der Waals surface area contributed by atoms with Gasteiger partial charge in [0, 0.05) is 13.0 Å². The van der Waals surface area contributed by atoms with Gasteiger partial charge in [0.2, 0.25) is 10.0 Å². The molecule has 1 aromatic rings. The number of hydrogen-bond donors (Lipinski definition) is 2. The number of hydrogen-bond acceptors (Lipinski definition) is 3. The van der Waals surface area contributed by atoms with Crippen LogP contribution < -0.4 is 4.72 Å².